The zero-order valence-electron chi connectivity index (χ0n) is 8.60. The molecular weight excluding hydrogens is 178 g/mol. The van der Waals surface area contributed by atoms with Crippen LogP contribution in [0.2, 0.25) is 0 Å². The topological polar surface area (TPSA) is 56.2 Å². The van der Waals surface area contributed by atoms with Crippen LogP contribution in [0.25, 0.3) is 0 Å². The minimum atomic E-state index is -0.298. The van der Waals surface area contributed by atoms with Crippen molar-refractivity contribution in [2.24, 2.45) is 0 Å². The Morgan fingerprint density at radius 1 is 1.29 bits per heavy atom. The molecule has 1 heterocycles. The Labute approximate surface area is 84.2 Å². The molecule has 2 fully saturated rings. The Kier molecular flexibility index (Phi) is 2.21. The predicted octanol–water partition coefficient (Wildman–Crippen LogP) is 1.71. The molecule has 2 aliphatic rings. The second-order valence-corrected chi connectivity index (χ2v) is 4.31. The normalized spacial score (nSPS) is 26.5. The Morgan fingerprint density at radius 3 is 2.29 bits per heavy atom. The summed E-state index contributed by atoms with van der Waals surface area (Å²) >= 11 is 0. The lowest BCUT2D eigenvalue weighted by Crippen LogP contribution is -2.46. The van der Waals surface area contributed by atoms with E-state index in [0.717, 1.165) is 25.7 Å². The lowest BCUT2D eigenvalue weighted by atomic mass is 9.89. The van der Waals surface area contributed by atoms with Crippen molar-refractivity contribution in [3.8, 4) is 0 Å². The monoisotopic (exact) mass is 195 g/mol. The number of carbonyl (C=O) groups is 1. The summed E-state index contributed by atoms with van der Waals surface area (Å²) in [5.41, 5.74) is -0.298. The number of hydrogen-bond donors (Lipinski definition) is 2. The third-order valence-electron chi connectivity index (χ3n) is 3.57. The average Bonchev–Trinajstić information content (AvgIpc) is 2.38. The van der Waals surface area contributed by atoms with Crippen LogP contribution in [-0.4, -0.2) is 29.4 Å². The highest BCUT2D eigenvalue weighted by Gasteiger charge is 2.47. The molecule has 1 saturated heterocycles. The van der Waals surface area contributed by atoms with Crippen molar-refractivity contribution in [3.63, 3.8) is 0 Å². The number of rotatable bonds is 0. The van der Waals surface area contributed by atoms with Crippen LogP contribution in [0.4, 0.5) is 4.79 Å². The first-order valence-corrected chi connectivity index (χ1v) is 5.31. The van der Waals surface area contributed by atoms with Crippen molar-refractivity contribution in [2.45, 2.75) is 44.1 Å². The molecule has 0 aromatic rings. The molecule has 1 aliphatic carbocycles. The average molecular weight is 195 g/mol. The van der Waals surface area contributed by atoms with Gasteiger partial charge in [-0.3, -0.25) is 10.7 Å². The Morgan fingerprint density at radius 2 is 1.86 bits per heavy atom. The van der Waals surface area contributed by atoms with Gasteiger partial charge in [0.1, 0.15) is 11.4 Å². The third kappa shape index (κ3) is 1.21. The molecule has 0 aromatic carbocycles. The number of nitrogens with one attached hydrogen (secondary N) is 2. The summed E-state index contributed by atoms with van der Waals surface area (Å²) in [5.74, 6) is 0.409. The van der Waals surface area contributed by atoms with Crippen molar-refractivity contribution in [2.75, 3.05) is 7.05 Å². The molecule has 0 radical (unpaired) electrons. The molecule has 4 heteroatoms. The van der Waals surface area contributed by atoms with Crippen LogP contribution >= 0.6 is 0 Å². The van der Waals surface area contributed by atoms with Gasteiger partial charge in [-0.25, -0.2) is 4.79 Å². The molecule has 1 aliphatic heterocycles. The molecule has 78 valence electrons. The molecule has 1 saturated carbocycles. The number of amides is 2. The van der Waals surface area contributed by atoms with E-state index in [1.807, 2.05) is 7.05 Å². The maximum absolute atomic E-state index is 11.4. The van der Waals surface area contributed by atoms with Gasteiger partial charge in [-0.2, -0.15) is 0 Å². The van der Waals surface area contributed by atoms with Crippen molar-refractivity contribution in [1.29, 1.82) is 5.41 Å². The standard InChI is InChI=1S/C10H17N3O/c1-13-9(14)12-8(11)10(13)6-4-2-3-5-7-10/h2-7H2,1H3,(H2,11,12,14). The molecule has 14 heavy (non-hydrogen) atoms. The summed E-state index contributed by atoms with van der Waals surface area (Å²) in [6.45, 7) is 0. The van der Waals surface area contributed by atoms with Crippen LogP contribution in [0, 0.1) is 5.41 Å². The van der Waals surface area contributed by atoms with E-state index in [2.05, 4.69) is 5.32 Å². The second-order valence-electron chi connectivity index (χ2n) is 4.31. The fourth-order valence-corrected chi connectivity index (χ4v) is 2.57. The Bertz CT molecular complexity index is 267. The van der Waals surface area contributed by atoms with Crippen molar-refractivity contribution >= 4 is 11.9 Å². The van der Waals surface area contributed by atoms with Crippen LogP contribution < -0.4 is 5.32 Å². The van der Waals surface area contributed by atoms with Gasteiger partial charge in [-0.15, -0.1) is 0 Å². The van der Waals surface area contributed by atoms with Crippen LogP contribution in [0.5, 0.6) is 0 Å². The summed E-state index contributed by atoms with van der Waals surface area (Å²) < 4.78 is 0. The first-order chi connectivity index (χ1) is 6.67. The fourth-order valence-electron chi connectivity index (χ4n) is 2.57. The number of urea groups is 1. The van der Waals surface area contributed by atoms with Gasteiger partial charge in [0.15, 0.2) is 0 Å². The molecule has 0 atom stereocenters. The van der Waals surface area contributed by atoms with E-state index in [0.29, 0.717) is 5.84 Å². The van der Waals surface area contributed by atoms with Gasteiger partial charge < -0.3 is 4.90 Å². The van der Waals surface area contributed by atoms with Gasteiger partial charge in [-0.1, -0.05) is 25.7 Å². The van der Waals surface area contributed by atoms with E-state index < -0.39 is 0 Å². The molecular formula is C10H17N3O. The molecule has 0 bridgehead atoms. The van der Waals surface area contributed by atoms with E-state index in [1.165, 1.54) is 12.8 Å². The van der Waals surface area contributed by atoms with E-state index in [4.69, 9.17) is 5.41 Å². The van der Waals surface area contributed by atoms with Gasteiger partial charge >= 0.3 is 6.03 Å². The summed E-state index contributed by atoms with van der Waals surface area (Å²) in [5, 5.41) is 10.5. The Hall–Kier alpha value is -1.06. The van der Waals surface area contributed by atoms with Gasteiger partial charge in [0.05, 0.1) is 0 Å². The van der Waals surface area contributed by atoms with Crippen molar-refractivity contribution < 1.29 is 4.79 Å². The molecule has 0 aromatic heterocycles. The number of nitrogens with zero attached hydrogens (tertiary/aromatic N) is 1. The minimum Gasteiger partial charge on any atom is -0.315 e. The molecule has 2 amide bonds. The van der Waals surface area contributed by atoms with Gasteiger partial charge in [0.2, 0.25) is 0 Å². The Balaban J connectivity index is 2.27. The maximum Gasteiger partial charge on any atom is 0.323 e. The van der Waals surface area contributed by atoms with Crippen molar-refractivity contribution in [1.82, 2.24) is 10.2 Å². The largest absolute Gasteiger partial charge is 0.323 e. The number of likely N-dealkylation sites (N-methyl/N-ethyl adjacent to an activating group) is 1. The lowest BCUT2D eigenvalue weighted by Gasteiger charge is -2.33. The highest BCUT2D eigenvalue weighted by atomic mass is 16.2. The minimum absolute atomic E-state index is 0.114. The van der Waals surface area contributed by atoms with E-state index in [9.17, 15) is 4.79 Å². The van der Waals surface area contributed by atoms with Gasteiger partial charge in [0, 0.05) is 7.05 Å². The summed E-state index contributed by atoms with van der Waals surface area (Å²) in [7, 11) is 1.81. The fraction of sp³-hybridized carbons (Fsp3) is 0.800. The highest BCUT2D eigenvalue weighted by molar-refractivity contribution is 6.08. The first kappa shape index (κ1) is 9.49. The summed E-state index contributed by atoms with van der Waals surface area (Å²) in [6, 6.07) is -0.114. The van der Waals surface area contributed by atoms with Gasteiger partial charge in [0.25, 0.3) is 0 Å². The number of hydrogen-bond acceptors (Lipinski definition) is 2. The number of amidine groups is 1. The highest BCUT2D eigenvalue weighted by Crippen LogP contribution is 2.34. The molecule has 0 unspecified atom stereocenters. The second kappa shape index (κ2) is 3.26. The van der Waals surface area contributed by atoms with E-state index >= 15 is 0 Å². The van der Waals surface area contributed by atoms with Gasteiger partial charge in [-0.05, 0) is 12.8 Å². The zero-order valence-corrected chi connectivity index (χ0v) is 8.60. The maximum atomic E-state index is 11.4. The van der Waals surface area contributed by atoms with Crippen LogP contribution in [-0.2, 0) is 0 Å². The van der Waals surface area contributed by atoms with Crippen molar-refractivity contribution in [3.05, 3.63) is 0 Å². The smallest absolute Gasteiger partial charge is 0.315 e. The molecule has 2 rings (SSSR count). The molecule has 1 spiro atoms. The molecule has 2 N–H and O–H groups in total. The first-order valence-electron chi connectivity index (χ1n) is 5.31. The van der Waals surface area contributed by atoms with Crippen LogP contribution in [0.1, 0.15) is 38.5 Å². The van der Waals surface area contributed by atoms with E-state index in [1.54, 1.807) is 4.90 Å². The zero-order chi connectivity index (χ0) is 10.2. The quantitative estimate of drug-likeness (QED) is 0.607. The SMILES string of the molecule is CN1C(=O)NC(=N)C12CCCCCC2. The van der Waals surface area contributed by atoms with E-state index in [-0.39, 0.29) is 11.6 Å². The third-order valence-corrected chi connectivity index (χ3v) is 3.57. The molecule has 4 nitrogen and oxygen atoms in total. The lowest BCUT2D eigenvalue weighted by molar-refractivity contribution is 0.183. The van der Waals surface area contributed by atoms with Crippen LogP contribution in [0.3, 0.4) is 0 Å². The summed E-state index contributed by atoms with van der Waals surface area (Å²) in [4.78, 5) is 13.2. The van der Waals surface area contributed by atoms with Crippen LogP contribution in [0.15, 0.2) is 0 Å². The predicted molar refractivity (Wildman–Crippen MR) is 54.5 cm³/mol. The number of carbonyl (C=O) groups excluding carboxylic acids is 1. The summed E-state index contributed by atoms with van der Waals surface area (Å²) in [6.07, 6.45) is 6.61.